The highest BCUT2D eigenvalue weighted by molar-refractivity contribution is 5.94. The molecule has 0 spiro atoms. The first-order chi connectivity index (χ1) is 12.5. The van der Waals surface area contributed by atoms with Crippen LogP contribution >= 0.6 is 0 Å². The molecule has 7 nitrogen and oxygen atoms in total. The Bertz CT molecular complexity index is 615. The maximum Gasteiger partial charge on any atom is 0.321 e. The van der Waals surface area contributed by atoms with Crippen LogP contribution in [0.25, 0.3) is 0 Å². The van der Waals surface area contributed by atoms with Gasteiger partial charge in [-0.05, 0) is 25.0 Å². The molecular formula is C19H30N3O4+. The summed E-state index contributed by atoms with van der Waals surface area (Å²) in [5.74, 6) is 1.04. The van der Waals surface area contributed by atoms with Gasteiger partial charge in [-0.15, -0.1) is 0 Å². The van der Waals surface area contributed by atoms with Crippen LogP contribution in [0, 0.1) is 0 Å². The molecule has 1 unspecified atom stereocenters. The first-order valence-corrected chi connectivity index (χ1v) is 9.15. The van der Waals surface area contributed by atoms with E-state index in [1.165, 1.54) is 6.42 Å². The van der Waals surface area contributed by atoms with Crippen LogP contribution in [0.1, 0.15) is 37.7 Å². The van der Waals surface area contributed by atoms with Gasteiger partial charge in [-0.2, -0.15) is 0 Å². The molecule has 1 aliphatic rings. The molecule has 0 bridgehead atoms. The maximum absolute atomic E-state index is 12.1. The van der Waals surface area contributed by atoms with Crippen molar-refractivity contribution in [2.45, 2.75) is 44.7 Å². The predicted molar refractivity (Wildman–Crippen MR) is 98.6 cm³/mol. The summed E-state index contributed by atoms with van der Waals surface area (Å²) in [6.45, 7) is 0.774. The maximum atomic E-state index is 12.1. The van der Waals surface area contributed by atoms with E-state index >= 15 is 0 Å². The average Bonchev–Trinajstić information content (AvgIpc) is 2.61. The summed E-state index contributed by atoms with van der Waals surface area (Å²) in [5, 5.41) is 5.32. The lowest BCUT2D eigenvalue weighted by atomic mass is 9.96. The van der Waals surface area contributed by atoms with Gasteiger partial charge in [0.15, 0.2) is 18.0 Å². The Morgan fingerprint density at radius 1 is 1.15 bits per heavy atom. The second kappa shape index (κ2) is 10.0. The van der Waals surface area contributed by atoms with Gasteiger partial charge in [-0.3, -0.25) is 10.1 Å². The molecule has 0 aromatic heterocycles. The van der Waals surface area contributed by atoms with Gasteiger partial charge >= 0.3 is 6.03 Å². The summed E-state index contributed by atoms with van der Waals surface area (Å²) < 4.78 is 10.7. The molecule has 1 aromatic rings. The summed E-state index contributed by atoms with van der Waals surface area (Å²) >= 11 is 0. The van der Waals surface area contributed by atoms with Crippen LogP contribution < -0.4 is 25.0 Å². The van der Waals surface area contributed by atoms with Gasteiger partial charge in [0.2, 0.25) is 0 Å². The highest BCUT2D eigenvalue weighted by Gasteiger charge is 2.19. The Balaban J connectivity index is 1.82. The number of nitrogens with one attached hydrogen (secondary N) is 3. The molecule has 7 heteroatoms. The Labute approximate surface area is 155 Å². The number of para-hydroxylation sites is 1. The fraction of sp³-hybridized carbons (Fsp3) is 0.579. The lowest BCUT2D eigenvalue weighted by molar-refractivity contribution is -0.885. The summed E-state index contributed by atoms with van der Waals surface area (Å²) in [6.07, 6.45) is 5.47. The van der Waals surface area contributed by atoms with E-state index in [4.69, 9.17) is 9.47 Å². The highest BCUT2D eigenvalue weighted by atomic mass is 16.5. The quantitative estimate of drug-likeness (QED) is 0.671. The number of imide groups is 1. The van der Waals surface area contributed by atoms with E-state index in [-0.39, 0.29) is 18.5 Å². The Hall–Kier alpha value is -2.28. The molecule has 3 amide bonds. The minimum absolute atomic E-state index is 0.183. The van der Waals surface area contributed by atoms with Crippen molar-refractivity contribution < 1.29 is 24.0 Å². The van der Waals surface area contributed by atoms with Gasteiger partial charge in [0.1, 0.15) is 6.54 Å². The van der Waals surface area contributed by atoms with Gasteiger partial charge < -0.3 is 19.7 Å². The van der Waals surface area contributed by atoms with Crippen molar-refractivity contribution in [3.05, 3.63) is 23.8 Å². The predicted octanol–water partition coefficient (Wildman–Crippen LogP) is 0.877. The summed E-state index contributed by atoms with van der Waals surface area (Å²) in [7, 11) is 5.09. The Kier molecular flexibility index (Phi) is 7.72. The molecule has 3 N–H and O–H groups in total. The number of urea groups is 1. The minimum atomic E-state index is -0.395. The van der Waals surface area contributed by atoms with Crippen LogP contribution in [0.3, 0.4) is 0 Å². The van der Waals surface area contributed by atoms with E-state index in [1.54, 1.807) is 14.2 Å². The Morgan fingerprint density at radius 2 is 1.88 bits per heavy atom. The molecule has 0 aliphatic heterocycles. The number of hydrogen-bond donors (Lipinski definition) is 3. The molecule has 2 rings (SSSR count). The summed E-state index contributed by atoms with van der Waals surface area (Å²) in [6, 6.07) is 5.46. The largest absolute Gasteiger partial charge is 0.493 e. The smallest absolute Gasteiger partial charge is 0.321 e. The monoisotopic (exact) mass is 364 g/mol. The van der Waals surface area contributed by atoms with Gasteiger partial charge in [0.25, 0.3) is 5.91 Å². The van der Waals surface area contributed by atoms with E-state index in [1.807, 2.05) is 25.2 Å². The molecule has 1 aliphatic carbocycles. The zero-order valence-electron chi connectivity index (χ0n) is 15.9. The number of likely N-dealkylation sites (N-methyl/N-ethyl adjacent to an activating group) is 1. The molecular weight excluding hydrogens is 334 g/mol. The van der Waals surface area contributed by atoms with Crippen LogP contribution in [-0.4, -0.2) is 45.8 Å². The van der Waals surface area contributed by atoms with Crippen molar-refractivity contribution in [2.24, 2.45) is 0 Å². The second-order valence-electron chi connectivity index (χ2n) is 6.82. The second-order valence-corrected chi connectivity index (χ2v) is 6.82. The van der Waals surface area contributed by atoms with E-state index in [0.29, 0.717) is 18.0 Å². The number of rotatable bonds is 7. The zero-order chi connectivity index (χ0) is 18.9. The standard InChI is InChI=1S/C19H29N3O4/c1-22(12-14-8-7-11-16(25-2)18(14)26-3)13-17(23)21-19(24)20-15-9-5-4-6-10-15/h7-8,11,15H,4-6,9-10,12-13H2,1-3H3,(H2,20,21,23,24)/p+1. The molecule has 26 heavy (non-hydrogen) atoms. The van der Waals surface area contributed by atoms with Crippen LogP contribution in [0.4, 0.5) is 4.79 Å². The normalized spacial score (nSPS) is 15.8. The molecule has 1 aromatic carbocycles. The van der Waals surface area contributed by atoms with Crippen LogP contribution in [0.15, 0.2) is 18.2 Å². The van der Waals surface area contributed by atoms with Crippen molar-refractivity contribution in [3.8, 4) is 11.5 Å². The number of amides is 3. The van der Waals surface area contributed by atoms with Crippen LogP contribution in [-0.2, 0) is 11.3 Å². The molecule has 1 fully saturated rings. The molecule has 144 valence electrons. The van der Waals surface area contributed by atoms with Crippen molar-refractivity contribution in [3.63, 3.8) is 0 Å². The van der Waals surface area contributed by atoms with E-state index in [2.05, 4.69) is 10.6 Å². The molecule has 0 radical (unpaired) electrons. The average molecular weight is 364 g/mol. The number of ether oxygens (including phenoxy) is 2. The molecule has 1 atom stereocenters. The lowest BCUT2D eigenvalue weighted by Crippen LogP contribution is -3.09. The summed E-state index contributed by atoms with van der Waals surface area (Å²) in [5.41, 5.74) is 0.948. The minimum Gasteiger partial charge on any atom is -0.493 e. The third kappa shape index (κ3) is 5.91. The Morgan fingerprint density at radius 3 is 2.54 bits per heavy atom. The van der Waals surface area contributed by atoms with Crippen molar-refractivity contribution in [2.75, 3.05) is 27.8 Å². The van der Waals surface area contributed by atoms with Gasteiger partial charge in [0.05, 0.1) is 26.8 Å². The third-order valence-electron chi connectivity index (χ3n) is 4.63. The van der Waals surface area contributed by atoms with E-state index < -0.39 is 6.03 Å². The molecule has 1 saturated carbocycles. The number of methoxy groups -OCH3 is 2. The number of benzene rings is 1. The van der Waals surface area contributed by atoms with Gasteiger partial charge in [-0.1, -0.05) is 25.3 Å². The molecule has 0 heterocycles. The first kappa shape index (κ1) is 20.0. The highest BCUT2D eigenvalue weighted by Crippen LogP contribution is 2.29. The fourth-order valence-corrected chi connectivity index (χ4v) is 3.39. The van der Waals surface area contributed by atoms with Crippen molar-refractivity contribution in [1.29, 1.82) is 0 Å². The topological polar surface area (TPSA) is 81.1 Å². The molecule has 0 saturated heterocycles. The van der Waals surface area contributed by atoms with Gasteiger partial charge in [0, 0.05) is 6.04 Å². The fourth-order valence-electron chi connectivity index (χ4n) is 3.39. The lowest BCUT2D eigenvalue weighted by Gasteiger charge is -2.22. The first-order valence-electron chi connectivity index (χ1n) is 9.15. The van der Waals surface area contributed by atoms with Crippen molar-refractivity contribution >= 4 is 11.9 Å². The number of carbonyl (C=O) groups excluding carboxylic acids is 2. The van der Waals surface area contributed by atoms with E-state index in [9.17, 15) is 9.59 Å². The van der Waals surface area contributed by atoms with E-state index in [0.717, 1.165) is 36.1 Å². The zero-order valence-corrected chi connectivity index (χ0v) is 15.9. The van der Waals surface area contributed by atoms with Crippen LogP contribution in [0.5, 0.6) is 11.5 Å². The number of carbonyl (C=O) groups is 2. The number of hydrogen-bond acceptors (Lipinski definition) is 4. The van der Waals surface area contributed by atoms with Gasteiger partial charge in [-0.25, -0.2) is 4.79 Å². The SMILES string of the molecule is COc1cccc(C[NH+](C)CC(=O)NC(=O)NC2CCCCC2)c1OC. The summed E-state index contributed by atoms with van der Waals surface area (Å²) in [4.78, 5) is 25.0. The van der Waals surface area contributed by atoms with Crippen molar-refractivity contribution in [1.82, 2.24) is 10.6 Å². The number of quaternary nitrogens is 1. The third-order valence-corrected chi connectivity index (χ3v) is 4.63. The van der Waals surface area contributed by atoms with Crippen LogP contribution in [0.2, 0.25) is 0 Å².